The molecule has 0 fully saturated rings. The van der Waals surface area contributed by atoms with Crippen molar-refractivity contribution in [2.75, 3.05) is 5.32 Å². The zero-order chi connectivity index (χ0) is 15.4. The van der Waals surface area contributed by atoms with E-state index < -0.39 is 0 Å². The lowest BCUT2D eigenvalue weighted by molar-refractivity contribution is 0.624. The van der Waals surface area contributed by atoms with Gasteiger partial charge in [-0.3, -0.25) is 0 Å². The summed E-state index contributed by atoms with van der Waals surface area (Å²) in [5.41, 5.74) is 1.75. The highest BCUT2D eigenvalue weighted by molar-refractivity contribution is 9.10. The average Bonchev–Trinajstić information content (AvgIpc) is 2.43. The molecule has 0 unspecified atom stereocenters. The Kier molecular flexibility index (Phi) is 5.56. The van der Waals surface area contributed by atoms with Gasteiger partial charge in [-0.2, -0.15) is 0 Å². The first-order chi connectivity index (χ1) is 9.95. The molecule has 0 amide bonds. The highest BCUT2D eigenvalue weighted by Gasteiger charge is 2.08. The molecule has 0 saturated heterocycles. The Morgan fingerprint density at radius 3 is 2.52 bits per heavy atom. The fourth-order valence-corrected chi connectivity index (χ4v) is 2.49. The SMILES string of the molecule is C[C@H](NC(=S)Nc1ccc(Br)c(Cl)c1)c1ccc(F)cc1. The molecule has 21 heavy (non-hydrogen) atoms. The molecular formula is C15H13BrClFN2S. The van der Waals surface area contributed by atoms with Crippen LogP contribution in [0, 0.1) is 5.82 Å². The number of rotatable bonds is 3. The van der Waals surface area contributed by atoms with Gasteiger partial charge in [-0.1, -0.05) is 23.7 Å². The van der Waals surface area contributed by atoms with E-state index in [9.17, 15) is 4.39 Å². The van der Waals surface area contributed by atoms with E-state index in [2.05, 4.69) is 26.6 Å². The molecule has 0 aromatic heterocycles. The van der Waals surface area contributed by atoms with Gasteiger partial charge in [-0.05, 0) is 71.0 Å². The van der Waals surface area contributed by atoms with Gasteiger partial charge in [-0.25, -0.2) is 4.39 Å². The zero-order valence-corrected chi connectivity index (χ0v) is 14.3. The third kappa shape index (κ3) is 4.66. The molecule has 1 atom stereocenters. The van der Waals surface area contributed by atoms with Crippen molar-refractivity contribution in [2.45, 2.75) is 13.0 Å². The van der Waals surface area contributed by atoms with Crippen molar-refractivity contribution in [1.29, 1.82) is 0 Å². The molecule has 2 rings (SSSR count). The number of hydrogen-bond donors (Lipinski definition) is 2. The number of halogens is 3. The molecule has 0 spiro atoms. The molecule has 110 valence electrons. The van der Waals surface area contributed by atoms with E-state index in [1.807, 2.05) is 19.1 Å². The monoisotopic (exact) mass is 386 g/mol. The topological polar surface area (TPSA) is 24.1 Å². The molecule has 0 radical (unpaired) electrons. The van der Waals surface area contributed by atoms with E-state index in [0.717, 1.165) is 15.7 Å². The molecule has 0 bridgehead atoms. The minimum absolute atomic E-state index is 0.0310. The van der Waals surface area contributed by atoms with Crippen molar-refractivity contribution >= 4 is 50.5 Å². The standard InChI is InChI=1S/C15H13BrClFN2S/c1-9(10-2-4-11(18)5-3-10)19-15(21)20-12-6-7-13(16)14(17)8-12/h2-9H,1H3,(H2,19,20,21)/t9-/m0/s1. The summed E-state index contributed by atoms with van der Waals surface area (Å²) in [5, 5.41) is 7.29. The third-order valence-corrected chi connectivity index (χ3v) is 4.35. The van der Waals surface area contributed by atoms with Gasteiger partial charge in [0.1, 0.15) is 5.82 Å². The molecule has 0 saturated carbocycles. The number of nitrogens with one attached hydrogen (secondary N) is 2. The van der Waals surface area contributed by atoms with Crippen LogP contribution in [-0.4, -0.2) is 5.11 Å². The maximum absolute atomic E-state index is 12.9. The Balaban J connectivity index is 1.97. The second-order valence-electron chi connectivity index (χ2n) is 4.50. The number of benzene rings is 2. The van der Waals surface area contributed by atoms with Crippen LogP contribution in [0.25, 0.3) is 0 Å². The summed E-state index contributed by atoms with van der Waals surface area (Å²) >= 11 is 14.6. The van der Waals surface area contributed by atoms with E-state index >= 15 is 0 Å². The summed E-state index contributed by atoms with van der Waals surface area (Å²) in [5.74, 6) is -0.254. The van der Waals surface area contributed by atoms with Crippen LogP contribution in [0.3, 0.4) is 0 Å². The lowest BCUT2D eigenvalue weighted by Gasteiger charge is -2.17. The Morgan fingerprint density at radius 1 is 1.24 bits per heavy atom. The van der Waals surface area contributed by atoms with E-state index in [0.29, 0.717) is 10.1 Å². The van der Waals surface area contributed by atoms with Gasteiger partial charge in [0.2, 0.25) is 0 Å². The zero-order valence-electron chi connectivity index (χ0n) is 11.2. The van der Waals surface area contributed by atoms with Gasteiger partial charge in [0.15, 0.2) is 5.11 Å². The van der Waals surface area contributed by atoms with Gasteiger partial charge in [0.05, 0.1) is 11.1 Å². The largest absolute Gasteiger partial charge is 0.356 e. The van der Waals surface area contributed by atoms with Crippen molar-refractivity contribution in [3.05, 3.63) is 63.3 Å². The van der Waals surface area contributed by atoms with E-state index in [-0.39, 0.29) is 11.9 Å². The summed E-state index contributed by atoms with van der Waals surface area (Å²) in [4.78, 5) is 0. The third-order valence-electron chi connectivity index (χ3n) is 2.90. The van der Waals surface area contributed by atoms with Crippen LogP contribution in [0.5, 0.6) is 0 Å². The lowest BCUT2D eigenvalue weighted by atomic mass is 10.1. The van der Waals surface area contributed by atoms with Crippen LogP contribution in [0.4, 0.5) is 10.1 Å². The minimum Gasteiger partial charge on any atom is -0.356 e. The summed E-state index contributed by atoms with van der Waals surface area (Å²) < 4.78 is 13.7. The van der Waals surface area contributed by atoms with E-state index in [1.165, 1.54) is 12.1 Å². The van der Waals surface area contributed by atoms with Crippen LogP contribution < -0.4 is 10.6 Å². The van der Waals surface area contributed by atoms with E-state index in [4.69, 9.17) is 23.8 Å². The maximum Gasteiger partial charge on any atom is 0.171 e. The second kappa shape index (κ2) is 7.20. The van der Waals surface area contributed by atoms with Crippen molar-refractivity contribution in [3.63, 3.8) is 0 Å². The summed E-state index contributed by atoms with van der Waals surface area (Å²) in [6, 6.07) is 11.8. The van der Waals surface area contributed by atoms with Gasteiger partial charge in [0, 0.05) is 10.2 Å². The maximum atomic E-state index is 12.9. The Morgan fingerprint density at radius 2 is 1.90 bits per heavy atom. The number of thiocarbonyl (C=S) groups is 1. The summed E-state index contributed by atoms with van der Waals surface area (Å²) in [6.07, 6.45) is 0. The molecule has 0 aliphatic rings. The van der Waals surface area contributed by atoms with Crippen molar-refractivity contribution in [1.82, 2.24) is 5.32 Å². The highest BCUT2D eigenvalue weighted by atomic mass is 79.9. The van der Waals surface area contributed by atoms with Crippen LogP contribution >= 0.6 is 39.7 Å². The smallest absolute Gasteiger partial charge is 0.171 e. The quantitative estimate of drug-likeness (QED) is 0.700. The normalized spacial score (nSPS) is 11.8. The van der Waals surface area contributed by atoms with Crippen LogP contribution in [0.15, 0.2) is 46.9 Å². The first-order valence-electron chi connectivity index (χ1n) is 6.24. The van der Waals surface area contributed by atoms with E-state index in [1.54, 1.807) is 18.2 Å². The Labute approximate surface area is 141 Å². The fourth-order valence-electron chi connectivity index (χ4n) is 1.77. The van der Waals surface area contributed by atoms with Gasteiger partial charge < -0.3 is 10.6 Å². The molecular weight excluding hydrogens is 375 g/mol. The molecule has 6 heteroatoms. The van der Waals surface area contributed by atoms with Crippen LogP contribution in [0.2, 0.25) is 5.02 Å². The number of anilines is 1. The van der Waals surface area contributed by atoms with Gasteiger partial charge >= 0.3 is 0 Å². The van der Waals surface area contributed by atoms with Crippen LogP contribution in [-0.2, 0) is 0 Å². The first-order valence-corrected chi connectivity index (χ1v) is 7.81. The van der Waals surface area contributed by atoms with Gasteiger partial charge in [0.25, 0.3) is 0 Å². The Hall–Kier alpha value is -1.17. The Bertz CT molecular complexity index is 649. The highest BCUT2D eigenvalue weighted by Crippen LogP contribution is 2.25. The first kappa shape index (κ1) is 16.2. The lowest BCUT2D eigenvalue weighted by Crippen LogP contribution is -2.30. The summed E-state index contributed by atoms with van der Waals surface area (Å²) in [7, 11) is 0. The summed E-state index contributed by atoms with van der Waals surface area (Å²) in [6.45, 7) is 1.95. The molecule has 2 aromatic carbocycles. The number of hydrogen-bond acceptors (Lipinski definition) is 1. The predicted octanol–water partition coefficient (Wildman–Crippen LogP) is 5.29. The molecule has 2 N–H and O–H groups in total. The fraction of sp³-hybridized carbons (Fsp3) is 0.133. The van der Waals surface area contributed by atoms with Crippen molar-refractivity contribution in [3.8, 4) is 0 Å². The van der Waals surface area contributed by atoms with Crippen molar-refractivity contribution in [2.24, 2.45) is 0 Å². The average molecular weight is 388 g/mol. The van der Waals surface area contributed by atoms with Crippen molar-refractivity contribution < 1.29 is 4.39 Å². The molecule has 0 aliphatic heterocycles. The minimum atomic E-state index is -0.254. The molecule has 0 aliphatic carbocycles. The van der Waals surface area contributed by atoms with Gasteiger partial charge in [-0.15, -0.1) is 0 Å². The van der Waals surface area contributed by atoms with Crippen LogP contribution in [0.1, 0.15) is 18.5 Å². The second-order valence-corrected chi connectivity index (χ2v) is 6.17. The molecule has 2 nitrogen and oxygen atoms in total. The molecule has 2 aromatic rings. The predicted molar refractivity (Wildman–Crippen MR) is 93.3 cm³/mol. The molecule has 0 heterocycles.